The van der Waals surface area contributed by atoms with E-state index in [9.17, 15) is 19.2 Å². The fraction of sp³-hybridized carbons (Fsp3) is 0.304. The molecule has 162 valence electrons. The van der Waals surface area contributed by atoms with Crippen molar-refractivity contribution in [3.8, 4) is 0 Å². The van der Waals surface area contributed by atoms with Crippen LogP contribution in [0.3, 0.4) is 0 Å². The van der Waals surface area contributed by atoms with Crippen molar-refractivity contribution in [2.24, 2.45) is 0 Å². The number of hydrogen-bond donors (Lipinski definition) is 1. The first-order valence-electron chi connectivity index (χ1n) is 9.98. The summed E-state index contributed by atoms with van der Waals surface area (Å²) in [5, 5.41) is 2.64. The van der Waals surface area contributed by atoms with E-state index in [-0.39, 0.29) is 0 Å². The standard InChI is InChI=1S/C23H25N3O5/c1-4-25(18-8-6-5-7-9-18)19(27)15-31-20(28)14-26-21(29)23(3,24-22(26)30)17-12-10-16(2)11-13-17/h5-13H,4,14-15H2,1-3H3,(H,24,30)/t23-/m0/s1. The third-order valence-electron chi connectivity index (χ3n) is 5.23. The van der Waals surface area contributed by atoms with Gasteiger partial charge in [-0.15, -0.1) is 0 Å². The Morgan fingerprint density at radius 2 is 1.71 bits per heavy atom. The number of imide groups is 1. The normalized spacial score (nSPS) is 18.0. The van der Waals surface area contributed by atoms with Gasteiger partial charge in [0.25, 0.3) is 11.8 Å². The molecule has 1 aliphatic heterocycles. The number of carbonyl (C=O) groups is 4. The zero-order valence-electron chi connectivity index (χ0n) is 17.8. The van der Waals surface area contributed by atoms with Crippen LogP contribution in [-0.2, 0) is 24.7 Å². The molecule has 2 aromatic carbocycles. The van der Waals surface area contributed by atoms with Crippen molar-refractivity contribution >= 4 is 29.5 Å². The number of nitrogens with one attached hydrogen (secondary N) is 1. The molecule has 8 heteroatoms. The summed E-state index contributed by atoms with van der Waals surface area (Å²) in [6, 6.07) is 15.5. The van der Waals surface area contributed by atoms with Gasteiger partial charge in [0, 0.05) is 12.2 Å². The number of para-hydroxylation sites is 1. The van der Waals surface area contributed by atoms with Crippen LogP contribution in [0.1, 0.15) is 25.0 Å². The highest BCUT2D eigenvalue weighted by Gasteiger charge is 2.49. The highest BCUT2D eigenvalue weighted by atomic mass is 16.5. The number of amides is 4. The van der Waals surface area contributed by atoms with Crippen LogP contribution in [0.5, 0.6) is 0 Å². The highest BCUT2D eigenvalue weighted by molar-refractivity contribution is 6.09. The smallest absolute Gasteiger partial charge is 0.326 e. The minimum absolute atomic E-state index is 0.399. The van der Waals surface area contributed by atoms with E-state index in [2.05, 4.69) is 5.32 Å². The van der Waals surface area contributed by atoms with Gasteiger partial charge < -0.3 is 15.0 Å². The average Bonchev–Trinajstić information content (AvgIpc) is 2.98. The minimum Gasteiger partial charge on any atom is -0.454 e. The van der Waals surface area contributed by atoms with Crippen molar-refractivity contribution in [2.45, 2.75) is 26.3 Å². The van der Waals surface area contributed by atoms with Crippen LogP contribution >= 0.6 is 0 Å². The number of benzene rings is 2. The molecule has 4 amide bonds. The predicted molar refractivity (Wildman–Crippen MR) is 114 cm³/mol. The molecule has 0 bridgehead atoms. The second-order valence-electron chi connectivity index (χ2n) is 7.45. The Labute approximate surface area is 180 Å². The van der Waals surface area contributed by atoms with Crippen LogP contribution in [0.25, 0.3) is 0 Å². The number of anilines is 1. The fourth-order valence-electron chi connectivity index (χ4n) is 3.43. The maximum Gasteiger partial charge on any atom is 0.326 e. The summed E-state index contributed by atoms with van der Waals surface area (Å²) < 4.78 is 5.05. The molecule has 0 radical (unpaired) electrons. The second-order valence-corrected chi connectivity index (χ2v) is 7.45. The molecule has 1 saturated heterocycles. The molecule has 1 atom stereocenters. The summed E-state index contributed by atoms with van der Waals surface area (Å²) in [6.45, 7) is 4.67. The van der Waals surface area contributed by atoms with Gasteiger partial charge in [-0.3, -0.25) is 19.3 Å². The van der Waals surface area contributed by atoms with Crippen LogP contribution in [0.15, 0.2) is 54.6 Å². The second kappa shape index (κ2) is 8.99. The van der Waals surface area contributed by atoms with Gasteiger partial charge in [0.05, 0.1) is 0 Å². The van der Waals surface area contributed by atoms with E-state index >= 15 is 0 Å². The molecule has 1 aliphatic rings. The van der Waals surface area contributed by atoms with Crippen LogP contribution in [0.4, 0.5) is 10.5 Å². The van der Waals surface area contributed by atoms with Crippen molar-refractivity contribution in [2.75, 3.05) is 24.6 Å². The van der Waals surface area contributed by atoms with E-state index in [1.807, 2.05) is 32.0 Å². The molecule has 31 heavy (non-hydrogen) atoms. The van der Waals surface area contributed by atoms with Crippen LogP contribution in [-0.4, -0.2) is 48.4 Å². The quantitative estimate of drug-likeness (QED) is 0.545. The molecule has 1 fully saturated rings. The molecule has 0 saturated carbocycles. The first-order chi connectivity index (χ1) is 14.8. The summed E-state index contributed by atoms with van der Waals surface area (Å²) in [7, 11) is 0. The molecule has 1 heterocycles. The lowest BCUT2D eigenvalue weighted by molar-refractivity contribution is -0.150. The molecular formula is C23H25N3O5. The van der Waals surface area contributed by atoms with Crippen LogP contribution in [0, 0.1) is 6.92 Å². The number of urea groups is 1. The lowest BCUT2D eigenvalue weighted by Gasteiger charge is -2.22. The number of carbonyl (C=O) groups excluding carboxylic acids is 4. The van der Waals surface area contributed by atoms with Gasteiger partial charge in [0.2, 0.25) is 0 Å². The molecule has 2 aromatic rings. The van der Waals surface area contributed by atoms with Crippen molar-refractivity contribution in [3.05, 3.63) is 65.7 Å². The van der Waals surface area contributed by atoms with E-state index in [1.165, 1.54) is 4.90 Å². The zero-order chi connectivity index (χ0) is 22.6. The van der Waals surface area contributed by atoms with Gasteiger partial charge in [0.15, 0.2) is 6.61 Å². The number of ether oxygens (including phenoxy) is 1. The number of esters is 1. The number of likely N-dealkylation sites (N-methyl/N-ethyl adjacent to an activating group) is 1. The fourth-order valence-corrected chi connectivity index (χ4v) is 3.43. The first-order valence-corrected chi connectivity index (χ1v) is 9.98. The van der Waals surface area contributed by atoms with E-state index in [1.54, 1.807) is 43.3 Å². The molecule has 3 rings (SSSR count). The maximum atomic E-state index is 12.9. The molecular weight excluding hydrogens is 398 g/mol. The Kier molecular flexibility index (Phi) is 6.39. The third kappa shape index (κ3) is 4.58. The zero-order valence-corrected chi connectivity index (χ0v) is 17.8. The molecule has 8 nitrogen and oxygen atoms in total. The number of hydrogen-bond acceptors (Lipinski definition) is 5. The largest absolute Gasteiger partial charge is 0.454 e. The SMILES string of the molecule is CCN(C(=O)COC(=O)CN1C(=O)N[C@@](C)(c2ccc(C)cc2)C1=O)c1ccccc1. The average molecular weight is 423 g/mol. The number of nitrogens with zero attached hydrogens (tertiary/aromatic N) is 2. The van der Waals surface area contributed by atoms with Crippen molar-refractivity contribution in [1.82, 2.24) is 10.2 Å². The van der Waals surface area contributed by atoms with Gasteiger partial charge in [-0.05, 0) is 38.5 Å². The summed E-state index contributed by atoms with van der Waals surface area (Å²) in [6.07, 6.45) is 0. The lowest BCUT2D eigenvalue weighted by atomic mass is 9.91. The minimum atomic E-state index is -1.27. The van der Waals surface area contributed by atoms with Crippen LogP contribution in [0.2, 0.25) is 0 Å². The Balaban J connectivity index is 1.61. The molecule has 0 aliphatic carbocycles. The summed E-state index contributed by atoms with van der Waals surface area (Å²) in [5.41, 5.74) is 1.05. The Bertz CT molecular complexity index is 990. The van der Waals surface area contributed by atoms with E-state index < -0.39 is 42.5 Å². The monoisotopic (exact) mass is 423 g/mol. The molecule has 0 spiro atoms. The molecule has 1 N–H and O–H groups in total. The van der Waals surface area contributed by atoms with Crippen molar-refractivity contribution in [1.29, 1.82) is 0 Å². The summed E-state index contributed by atoms with van der Waals surface area (Å²) >= 11 is 0. The topological polar surface area (TPSA) is 96.0 Å². The number of rotatable bonds is 7. The van der Waals surface area contributed by atoms with Gasteiger partial charge in [-0.2, -0.15) is 0 Å². The van der Waals surface area contributed by atoms with Gasteiger partial charge in [0.1, 0.15) is 12.1 Å². The predicted octanol–water partition coefficient (Wildman–Crippen LogP) is 2.36. The number of aryl methyl sites for hydroxylation is 1. The lowest BCUT2D eigenvalue weighted by Crippen LogP contribution is -2.42. The van der Waals surface area contributed by atoms with Gasteiger partial charge >= 0.3 is 12.0 Å². The Morgan fingerprint density at radius 3 is 2.32 bits per heavy atom. The first kappa shape index (κ1) is 22.0. The van der Waals surface area contributed by atoms with Gasteiger partial charge in [-0.1, -0.05) is 48.0 Å². The third-order valence-corrected chi connectivity index (χ3v) is 5.23. The summed E-state index contributed by atoms with van der Waals surface area (Å²) in [4.78, 5) is 52.3. The molecule has 0 unspecified atom stereocenters. The highest BCUT2D eigenvalue weighted by Crippen LogP contribution is 2.28. The van der Waals surface area contributed by atoms with E-state index in [0.29, 0.717) is 17.8 Å². The Morgan fingerprint density at radius 1 is 1.06 bits per heavy atom. The van der Waals surface area contributed by atoms with Crippen molar-refractivity contribution in [3.63, 3.8) is 0 Å². The summed E-state index contributed by atoms with van der Waals surface area (Å²) in [5.74, 6) is -1.79. The Hall–Kier alpha value is -3.68. The van der Waals surface area contributed by atoms with E-state index in [0.717, 1.165) is 10.5 Å². The van der Waals surface area contributed by atoms with Crippen molar-refractivity contribution < 1.29 is 23.9 Å². The van der Waals surface area contributed by atoms with E-state index in [4.69, 9.17) is 4.74 Å². The van der Waals surface area contributed by atoms with Gasteiger partial charge in [-0.25, -0.2) is 4.79 Å². The van der Waals surface area contributed by atoms with Crippen LogP contribution < -0.4 is 10.2 Å². The maximum absolute atomic E-state index is 12.9. The molecule has 0 aromatic heterocycles.